The Balaban J connectivity index is 1.38. The molecule has 9 heteroatoms. The second kappa shape index (κ2) is 8.94. The van der Waals surface area contributed by atoms with Crippen molar-refractivity contribution in [3.63, 3.8) is 0 Å². The molecule has 0 atom stereocenters. The molecule has 32 heavy (non-hydrogen) atoms. The van der Waals surface area contributed by atoms with Gasteiger partial charge < -0.3 is 4.98 Å². The van der Waals surface area contributed by atoms with Gasteiger partial charge >= 0.3 is 0 Å². The summed E-state index contributed by atoms with van der Waals surface area (Å²) in [4.78, 5) is 27.9. The summed E-state index contributed by atoms with van der Waals surface area (Å²) < 4.78 is 27.4. The van der Waals surface area contributed by atoms with Crippen LogP contribution in [0.3, 0.4) is 0 Å². The minimum absolute atomic E-state index is 0.0845. The summed E-state index contributed by atoms with van der Waals surface area (Å²) in [6.45, 7) is 0. The molecule has 162 valence electrons. The van der Waals surface area contributed by atoms with Crippen LogP contribution in [0.2, 0.25) is 0 Å². The maximum Gasteiger partial charge on any atom is 0.269 e. The second-order valence-corrected chi connectivity index (χ2v) is 8.72. The Bertz CT molecular complexity index is 1380. The van der Waals surface area contributed by atoms with Crippen LogP contribution in [0.5, 0.6) is 0 Å². The Morgan fingerprint density at radius 2 is 1.59 bits per heavy atom. The van der Waals surface area contributed by atoms with Gasteiger partial charge in [0, 0.05) is 28.4 Å². The van der Waals surface area contributed by atoms with Crippen molar-refractivity contribution < 1.29 is 18.0 Å². The van der Waals surface area contributed by atoms with Gasteiger partial charge in [-0.25, -0.2) is 8.42 Å². The Labute approximate surface area is 184 Å². The maximum atomic E-state index is 12.5. The van der Waals surface area contributed by atoms with Crippen molar-refractivity contribution in [2.75, 3.05) is 4.72 Å². The van der Waals surface area contributed by atoms with Gasteiger partial charge in [-0.05, 0) is 42.0 Å². The van der Waals surface area contributed by atoms with E-state index in [0.717, 1.165) is 16.5 Å². The van der Waals surface area contributed by atoms with Gasteiger partial charge in [-0.3, -0.25) is 25.2 Å². The number of benzene rings is 3. The monoisotopic (exact) mass is 448 g/mol. The van der Waals surface area contributed by atoms with Gasteiger partial charge in [0.1, 0.15) is 0 Å². The molecule has 0 saturated heterocycles. The van der Waals surface area contributed by atoms with Crippen LogP contribution >= 0.6 is 0 Å². The lowest BCUT2D eigenvalue weighted by atomic mass is 10.1. The Morgan fingerprint density at radius 3 is 2.41 bits per heavy atom. The number of rotatable bonds is 6. The van der Waals surface area contributed by atoms with Crippen LogP contribution < -0.4 is 15.6 Å². The van der Waals surface area contributed by atoms with Crippen LogP contribution in [0.4, 0.5) is 5.69 Å². The van der Waals surface area contributed by atoms with E-state index in [2.05, 4.69) is 20.6 Å². The summed E-state index contributed by atoms with van der Waals surface area (Å²) >= 11 is 0. The number of sulfonamides is 1. The number of H-pyrrole nitrogens is 1. The highest BCUT2D eigenvalue weighted by atomic mass is 32.2. The van der Waals surface area contributed by atoms with E-state index in [0.29, 0.717) is 0 Å². The minimum atomic E-state index is -3.78. The van der Waals surface area contributed by atoms with Crippen molar-refractivity contribution in [1.29, 1.82) is 0 Å². The molecule has 0 fully saturated rings. The fourth-order valence-corrected chi connectivity index (χ4v) is 4.30. The lowest BCUT2D eigenvalue weighted by Crippen LogP contribution is -2.42. The summed E-state index contributed by atoms with van der Waals surface area (Å²) in [5.74, 6) is -0.956. The topological polar surface area (TPSA) is 120 Å². The first-order valence-corrected chi connectivity index (χ1v) is 11.2. The fourth-order valence-electron chi connectivity index (χ4n) is 3.23. The van der Waals surface area contributed by atoms with Crippen LogP contribution in [0.25, 0.3) is 10.9 Å². The average molecular weight is 449 g/mol. The SMILES string of the molecule is O=C(Cc1c[nH]c2ccccc12)NNC(=O)c1cccc(NS(=O)(=O)c2ccccc2)c1. The predicted molar refractivity (Wildman–Crippen MR) is 121 cm³/mol. The Kier molecular flexibility index (Phi) is 5.91. The van der Waals surface area contributed by atoms with E-state index in [1.165, 1.54) is 30.3 Å². The first kappa shape index (κ1) is 21.1. The molecular formula is C23H20N4O4S. The summed E-state index contributed by atoms with van der Waals surface area (Å²) in [7, 11) is -3.78. The van der Waals surface area contributed by atoms with Crippen molar-refractivity contribution in [1.82, 2.24) is 15.8 Å². The number of carbonyl (C=O) groups excluding carboxylic acids is 2. The van der Waals surface area contributed by atoms with Gasteiger partial charge in [0.25, 0.3) is 15.9 Å². The first-order chi connectivity index (χ1) is 15.4. The van der Waals surface area contributed by atoms with Crippen molar-refractivity contribution in [2.45, 2.75) is 11.3 Å². The van der Waals surface area contributed by atoms with Crippen LogP contribution in [0.1, 0.15) is 15.9 Å². The third kappa shape index (κ3) is 4.79. The molecule has 0 saturated carbocycles. The summed E-state index contributed by atoms with van der Waals surface area (Å²) in [6.07, 6.45) is 1.84. The molecule has 1 heterocycles. The maximum absolute atomic E-state index is 12.5. The smallest absolute Gasteiger partial charge is 0.269 e. The third-order valence-electron chi connectivity index (χ3n) is 4.77. The zero-order chi connectivity index (χ0) is 22.6. The van der Waals surface area contributed by atoms with Gasteiger partial charge in [-0.2, -0.15) is 0 Å². The molecule has 1 aromatic heterocycles. The standard InChI is InChI=1S/C23H20N4O4S/c28-22(14-17-15-24-21-12-5-4-11-20(17)21)25-26-23(29)16-7-6-8-18(13-16)27-32(30,31)19-9-2-1-3-10-19/h1-13,15,24,27H,14H2,(H,25,28)(H,26,29). The molecular weight excluding hydrogens is 428 g/mol. The number of para-hydroxylation sites is 1. The lowest BCUT2D eigenvalue weighted by Gasteiger charge is -2.10. The van der Waals surface area contributed by atoms with Gasteiger partial charge in [0.2, 0.25) is 5.91 Å². The van der Waals surface area contributed by atoms with E-state index < -0.39 is 15.9 Å². The lowest BCUT2D eigenvalue weighted by molar-refractivity contribution is -0.121. The molecule has 4 rings (SSSR count). The van der Waals surface area contributed by atoms with E-state index in [1.807, 2.05) is 24.3 Å². The molecule has 8 nitrogen and oxygen atoms in total. The van der Waals surface area contributed by atoms with Gasteiger partial charge in [0.05, 0.1) is 11.3 Å². The number of hydrogen-bond acceptors (Lipinski definition) is 4. The number of amides is 2. The molecule has 2 amide bonds. The number of hydrogen-bond donors (Lipinski definition) is 4. The zero-order valence-electron chi connectivity index (χ0n) is 16.8. The van der Waals surface area contributed by atoms with Gasteiger partial charge in [-0.15, -0.1) is 0 Å². The highest BCUT2D eigenvalue weighted by Crippen LogP contribution is 2.18. The third-order valence-corrected chi connectivity index (χ3v) is 6.17. The number of aromatic nitrogens is 1. The second-order valence-electron chi connectivity index (χ2n) is 7.04. The molecule has 4 aromatic rings. The molecule has 0 radical (unpaired) electrons. The van der Waals surface area contributed by atoms with Crippen LogP contribution in [-0.4, -0.2) is 25.2 Å². The van der Waals surface area contributed by atoms with Crippen LogP contribution in [-0.2, 0) is 21.2 Å². The normalized spacial score (nSPS) is 11.1. The molecule has 3 aromatic carbocycles. The zero-order valence-corrected chi connectivity index (χ0v) is 17.6. The number of hydrazine groups is 1. The summed E-state index contributed by atoms with van der Waals surface area (Å²) in [5, 5.41) is 0.937. The molecule has 4 N–H and O–H groups in total. The minimum Gasteiger partial charge on any atom is -0.361 e. The number of anilines is 1. The van der Waals surface area contributed by atoms with Crippen LogP contribution in [0.15, 0.2) is 90.0 Å². The largest absolute Gasteiger partial charge is 0.361 e. The molecule has 0 aliphatic rings. The van der Waals surface area contributed by atoms with E-state index >= 15 is 0 Å². The molecule has 0 aliphatic carbocycles. The molecule has 0 aliphatic heterocycles. The summed E-state index contributed by atoms with van der Waals surface area (Å²) in [5.41, 5.74) is 6.89. The van der Waals surface area contributed by atoms with Crippen molar-refractivity contribution >= 4 is 38.4 Å². The number of nitrogens with one attached hydrogen (secondary N) is 4. The number of aromatic amines is 1. The first-order valence-electron chi connectivity index (χ1n) is 9.74. The molecule has 0 bridgehead atoms. The van der Waals surface area contributed by atoms with Gasteiger partial charge in [0.15, 0.2) is 0 Å². The molecule has 0 spiro atoms. The van der Waals surface area contributed by atoms with E-state index in [4.69, 9.17) is 0 Å². The van der Waals surface area contributed by atoms with Crippen molar-refractivity contribution in [3.05, 3.63) is 96.2 Å². The quantitative estimate of drug-likeness (QED) is 0.339. The number of carbonyl (C=O) groups is 2. The van der Waals surface area contributed by atoms with Crippen molar-refractivity contribution in [2.24, 2.45) is 0 Å². The highest BCUT2D eigenvalue weighted by Gasteiger charge is 2.15. The van der Waals surface area contributed by atoms with E-state index in [9.17, 15) is 18.0 Å². The highest BCUT2D eigenvalue weighted by molar-refractivity contribution is 7.92. The Morgan fingerprint density at radius 1 is 0.844 bits per heavy atom. The molecule has 0 unspecified atom stereocenters. The number of fused-ring (bicyclic) bond motifs is 1. The Hall–Kier alpha value is -4.11. The van der Waals surface area contributed by atoms with Crippen molar-refractivity contribution in [3.8, 4) is 0 Å². The summed E-state index contributed by atoms with van der Waals surface area (Å²) in [6, 6.07) is 21.5. The average Bonchev–Trinajstić information content (AvgIpc) is 3.21. The predicted octanol–water partition coefficient (Wildman–Crippen LogP) is 2.97. The fraction of sp³-hybridized carbons (Fsp3) is 0.0435. The van der Waals surface area contributed by atoms with Crippen LogP contribution in [0, 0.1) is 0 Å². The van der Waals surface area contributed by atoms with Gasteiger partial charge in [-0.1, -0.05) is 42.5 Å². The van der Waals surface area contributed by atoms with E-state index in [1.54, 1.807) is 30.5 Å². The van der Waals surface area contributed by atoms with E-state index in [-0.39, 0.29) is 28.5 Å².